The lowest BCUT2D eigenvalue weighted by atomic mass is 10.1. The first-order valence-electron chi connectivity index (χ1n) is 5.70. The van der Waals surface area contributed by atoms with E-state index in [-0.39, 0.29) is 17.3 Å². The van der Waals surface area contributed by atoms with Gasteiger partial charge in [-0.25, -0.2) is 13.9 Å². The van der Waals surface area contributed by atoms with Gasteiger partial charge in [0.2, 0.25) is 11.6 Å². The van der Waals surface area contributed by atoms with Crippen LogP contribution < -0.4 is 11.3 Å². The van der Waals surface area contributed by atoms with Crippen molar-refractivity contribution in [1.29, 1.82) is 0 Å². The maximum Gasteiger partial charge on any atom is 0.295 e. The Hall–Kier alpha value is -2.44. The molecule has 104 valence electrons. The molecule has 3 rings (SSSR count). The van der Waals surface area contributed by atoms with Crippen LogP contribution in [0.2, 0.25) is 0 Å². The summed E-state index contributed by atoms with van der Waals surface area (Å²) in [4.78, 5) is 17.7. The third kappa shape index (κ3) is 1.66. The average Bonchev–Trinajstić information content (AvgIpc) is 2.93. The zero-order valence-corrected chi connectivity index (χ0v) is 10.0. The first-order valence-corrected chi connectivity index (χ1v) is 5.70. The number of imidazole rings is 1. The van der Waals surface area contributed by atoms with Gasteiger partial charge in [0.25, 0.3) is 5.56 Å². The molecule has 1 fully saturated rings. The maximum atomic E-state index is 14.1. The predicted molar refractivity (Wildman–Crippen MR) is 65.4 cm³/mol. The fourth-order valence-corrected chi connectivity index (χ4v) is 2.15. The minimum absolute atomic E-state index is 0.0522. The van der Waals surface area contributed by atoms with E-state index in [1.54, 1.807) is 0 Å². The van der Waals surface area contributed by atoms with E-state index in [0.717, 1.165) is 4.52 Å². The van der Waals surface area contributed by atoms with Crippen molar-refractivity contribution in [2.75, 3.05) is 5.73 Å². The molecule has 8 nitrogen and oxygen atoms in total. The first kappa shape index (κ1) is 12.6. The number of anilines is 1. The number of halogens is 1. The number of terminal acetylenes is 1. The molecule has 2 aromatic rings. The first-order chi connectivity index (χ1) is 9.52. The standard InChI is InChI=1S/C11H10FN5O3/c1-2-5-7(18)6(12)8(20-5)4-3-14-9-10(19)15-11(13)16-17(4)9/h1,3,5-8,18H,(H3,13,15,16,19). The van der Waals surface area contributed by atoms with Gasteiger partial charge in [0.1, 0.15) is 18.3 Å². The lowest BCUT2D eigenvalue weighted by molar-refractivity contribution is 0.0408. The smallest absolute Gasteiger partial charge is 0.295 e. The molecule has 1 aliphatic rings. The monoisotopic (exact) mass is 279 g/mol. The van der Waals surface area contributed by atoms with Crippen molar-refractivity contribution >= 4 is 11.6 Å². The summed E-state index contributed by atoms with van der Waals surface area (Å²) < 4.78 is 20.4. The zero-order chi connectivity index (χ0) is 14.4. The van der Waals surface area contributed by atoms with Crippen LogP contribution in [0.3, 0.4) is 0 Å². The molecule has 3 heterocycles. The summed E-state index contributed by atoms with van der Waals surface area (Å²) in [6.45, 7) is 0. The van der Waals surface area contributed by atoms with Gasteiger partial charge in [-0.05, 0) is 0 Å². The van der Waals surface area contributed by atoms with E-state index >= 15 is 0 Å². The van der Waals surface area contributed by atoms with Crippen LogP contribution >= 0.6 is 0 Å². The van der Waals surface area contributed by atoms with Gasteiger partial charge in [0, 0.05) is 0 Å². The predicted octanol–water partition coefficient (Wildman–Crippen LogP) is -1.23. The highest BCUT2D eigenvalue weighted by Crippen LogP contribution is 2.35. The number of nitrogens with one attached hydrogen (secondary N) is 1. The van der Waals surface area contributed by atoms with Crippen molar-refractivity contribution < 1.29 is 14.2 Å². The highest BCUT2D eigenvalue weighted by atomic mass is 19.1. The van der Waals surface area contributed by atoms with E-state index in [1.165, 1.54) is 6.20 Å². The number of H-pyrrole nitrogens is 1. The molecular weight excluding hydrogens is 269 g/mol. The van der Waals surface area contributed by atoms with Crippen molar-refractivity contribution in [2.45, 2.75) is 24.5 Å². The second kappa shape index (κ2) is 4.29. The van der Waals surface area contributed by atoms with Gasteiger partial charge < -0.3 is 15.6 Å². The largest absolute Gasteiger partial charge is 0.386 e. The van der Waals surface area contributed by atoms with Crippen LogP contribution in [0, 0.1) is 12.3 Å². The van der Waals surface area contributed by atoms with Crippen LogP contribution in [0.5, 0.6) is 0 Å². The molecule has 0 radical (unpaired) electrons. The molecule has 1 aliphatic heterocycles. The van der Waals surface area contributed by atoms with Gasteiger partial charge in [0.15, 0.2) is 6.17 Å². The molecule has 1 saturated heterocycles. The Morgan fingerprint density at radius 1 is 1.65 bits per heavy atom. The van der Waals surface area contributed by atoms with Crippen molar-refractivity contribution in [3.05, 3.63) is 22.2 Å². The Bertz CT molecular complexity index is 763. The van der Waals surface area contributed by atoms with Gasteiger partial charge in [-0.2, -0.15) is 0 Å². The van der Waals surface area contributed by atoms with E-state index < -0.39 is 30.0 Å². The number of rotatable bonds is 1. The minimum Gasteiger partial charge on any atom is -0.386 e. The number of nitrogens with two attached hydrogens (primary N) is 1. The van der Waals surface area contributed by atoms with E-state index in [1.807, 2.05) is 0 Å². The number of nitrogen functional groups attached to an aromatic ring is 1. The Morgan fingerprint density at radius 2 is 2.40 bits per heavy atom. The number of hydrogen-bond donors (Lipinski definition) is 3. The van der Waals surface area contributed by atoms with Crippen LogP contribution in [-0.4, -0.2) is 43.1 Å². The fourth-order valence-electron chi connectivity index (χ4n) is 2.15. The third-order valence-electron chi connectivity index (χ3n) is 3.09. The van der Waals surface area contributed by atoms with E-state index in [4.69, 9.17) is 16.9 Å². The van der Waals surface area contributed by atoms with Gasteiger partial charge in [-0.3, -0.25) is 9.78 Å². The molecule has 0 aromatic carbocycles. The van der Waals surface area contributed by atoms with E-state index in [0.29, 0.717) is 0 Å². The Labute approximate surface area is 111 Å². The molecular formula is C11H10FN5O3. The molecule has 20 heavy (non-hydrogen) atoms. The summed E-state index contributed by atoms with van der Waals surface area (Å²) in [6.07, 6.45) is 0.942. The molecule has 9 heteroatoms. The van der Waals surface area contributed by atoms with E-state index in [2.05, 4.69) is 21.0 Å². The number of nitrogens with zero attached hydrogens (tertiary/aromatic N) is 3. The fraction of sp³-hybridized carbons (Fsp3) is 0.364. The summed E-state index contributed by atoms with van der Waals surface area (Å²) in [5.74, 6) is 2.00. The molecule has 0 saturated carbocycles. The van der Waals surface area contributed by atoms with Crippen LogP contribution in [0.15, 0.2) is 11.0 Å². The summed E-state index contributed by atoms with van der Waals surface area (Å²) in [5.41, 5.74) is 4.97. The summed E-state index contributed by atoms with van der Waals surface area (Å²) in [5, 5.41) is 13.5. The molecule has 4 unspecified atom stereocenters. The molecule has 0 spiro atoms. The Kier molecular flexibility index (Phi) is 2.70. The lowest BCUT2D eigenvalue weighted by Crippen LogP contribution is -2.26. The van der Waals surface area contributed by atoms with Crippen LogP contribution in [-0.2, 0) is 4.74 Å². The number of hydrogen-bond acceptors (Lipinski definition) is 6. The van der Waals surface area contributed by atoms with Crippen LogP contribution in [0.1, 0.15) is 11.8 Å². The molecule has 4 atom stereocenters. The van der Waals surface area contributed by atoms with Crippen molar-refractivity contribution in [3.8, 4) is 12.3 Å². The van der Waals surface area contributed by atoms with Gasteiger partial charge in [-0.15, -0.1) is 11.5 Å². The number of ether oxygens (including phenoxy) is 1. The molecule has 0 bridgehead atoms. The summed E-state index contributed by atoms with van der Waals surface area (Å²) in [6, 6.07) is 0. The third-order valence-corrected chi connectivity index (χ3v) is 3.09. The minimum atomic E-state index is -1.75. The van der Waals surface area contributed by atoms with Crippen molar-refractivity contribution in [1.82, 2.24) is 19.6 Å². The quantitative estimate of drug-likeness (QED) is 0.563. The second-order valence-corrected chi connectivity index (χ2v) is 4.34. The van der Waals surface area contributed by atoms with Gasteiger partial charge in [-0.1, -0.05) is 5.92 Å². The number of aromatic nitrogens is 4. The normalized spacial score (nSPS) is 29.6. The highest BCUT2D eigenvalue weighted by molar-refractivity contribution is 5.39. The summed E-state index contributed by atoms with van der Waals surface area (Å²) >= 11 is 0. The number of fused-ring (bicyclic) bond motifs is 1. The number of aliphatic hydroxyl groups is 1. The van der Waals surface area contributed by atoms with Gasteiger partial charge >= 0.3 is 0 Å². The lowest BCUT2D eigenvalue weighted by Gasteiger charge is -2.11. The van der Waals surface area contributed by atoms with Crippen LogP contribution in [0.4, 0.5) is 10.3 Å². The maximum absolute atomic E-state index is 14.1. The molecule has 4 N–H and O–H groups in total. The Balaban J connectivity index is 2.12. The molecule has 0 amide bonds. The second-order valence-electron chi connectivity index (χ2n) is 4.34. The van der Waals surface area contributed by atoms with Crippen LogP contribution in [0.25, 0.3) is 5.65 Å². The van der Waals surface area contributed by atoms with Crippen molar-refractivity contribution in [3.63, 3.8) is 0 Å². The number of aliphatic hydroxyl groups excluding tert-OH is 1. The molecule has 0 aliphatic carbocycles. The summed E-state index contributed by atoms with van der Waals surface area (Å²) in [7, 11) is 0. The van der Waals surface area contributed by atoms with E-state index in [9.17, 15) is 14.3 Å². The zero-order valence-electron chi connectivity index (χ0n) is 10.0. The van der Waals surface area contributed by atoms with Crippen molar-refractivity contribution in [2.24, 2.45) is 0 Å². The topological polar surface area (TPSA) is 119 Å². The Morgan fingerprint density at radius 3 is 3.05 bits per heavy atom. The average molecular weight is 279 g/mol. The number of alkyl halides is 1. The number of aromatic amines is 1. The van der Waals surface area contributed by atoms with Gasteiger partial charge in [0.05, 0.1) is 11.9 Å². The molecule has 2 aromatic heterocycles. The SMILES string of the molecule is C#CC1OC(c2cnc3c(=O)[nH]c(N)nn23)C(F)C1O. The highest BCUT2D eigenvalue weighted by Gasteiger charge is 2.45.